The zero-order chi connectivity index (χ0) is 11.8. The molecule has 0 saturated carbocycles. The first-order valence-corrected chi connectivity index (χ1v) is 5.89. The zero-order valence-electron chi connectivity index (χ0n) is 8.74. The van der Waals surface area contributed by atoms with Gasteiger partial charge in [-0.05, 0) is 35.4 Å². The number of nitrogens with zero attached hydrogens (tertiary/aromatic N) is 1. The molecule has 0 fully saturated rings. The first-order chi connectivity index (χ1) is 8.24. The van der Waals surface area contributed by atoms with E-state index in [1.165, 1.54) is 0 Å². The first kappa shape index (κ1) is 10.6. The number of benzene rings is 1. The summed E-state index contributed by atoms with van der Waals surface area (Å²) >= 11 is 11.9. The van der Waals surface area contributed by atoms with Crippen LogP contribution in [0.3, 0.4) is 0 Å². The fraction of sp³-hybridized carbons (Fsp3) is 0. The highest BCUT2D eigenvalue weighted by atomic mass is 35.5. The van der Waals surface area contributed by atoms with Crippen LogP contribution in [0.5, 0.6) is 0 Å². The van der Waals surface area contributed by atoms with Crippen LogP contribution < -0.4 is 0 Å². The van der Waals surface area contributed by atoms with E-state index in [0.29, 0.717) is 5.15 Å². The van der Waals surface area contributed by atoms with Gasteiger partial charge in [-0.15, -0.1) is 0 Å². The van der Waals surface area contributed by atoms with E-state index < -0.39 is 0 Å². The number of pyridine rings is 1. The van der Waals surface area contributed by atoms with Crippen LogP contribution in [0.4, 0.5) is 0 Å². The maximum Gasteiger partial charge on any atom is 0.139 e. The van der Waals surface area contributed by atoms with Crippen LogP contribution in [0.25, 0.3) is 22.2 Å². The predicted octanol–water partition coefficient (Wildman–Crippen LogP) is 4.54. The number of aromatic amines is 1. The molecule has 0 saturated heterocycles. The Labute approximate surface area is 108 Å². The second-order valence-electron chi connectivity index (χ2n) is 3.74. The number of nitrogens with one attached hydrogen (secondary N) is 1. The number of halogens is 2. The lowest BCUT2D eigenvalue weighted by Crippen LogP contribution is -1.83. The molecule has 0 spiro atoms. The topological polar surface area (TPSA) is 28.7 Å². The molecule has 0 radical (unpaired) electrons. The lowest BCUT2D eigenvalue weighted by atomic mass is 10.0. The molecule has 1 N–H and O–H groups in total. The molecule has 0 aliphatic carbocycles. The smallest absolute Gasteiger partial charge is 0.139 e. The molecule has 3 rings (SSSR count). The van der Waals surface area contributed by atoms with E-state index in [-0.39, 0.29) is 0 Å². The van der Waals surface area contributed by atoms with Gasteiger partial charge in [0, 0.05) is 16.6 Å². The van der Waals surface area contributed by atoms with Crippen LogP contribution in [0.1, 0.15) is 0 Å². The molecule has 0 aliphatic heterocycles. The van der Waals surface area contributed by atoms with Crippen LogP contribution in [0.2, 0.25) is 10.2 Å². The third kappa shape index (κ3) is 1.90. The van der Waals surface area contributed by atoms with Crippen LogP contribution in [0.15, 0.2) is 42.6 Å². The van der Waals surface area contributed by atoms with E-state index in [1.54, 1.807) is 0 Å². The number of hydrogen-bond donors (Lipinski definition) is 1. The zero-order valence-corrected chi connectivity index (χ0v) is 10.3. The summed E-state index contributed by atoms with van der Waals surface area (Å²) in [6, 6.07) is 11.5. The summed E-state index contributed by atoms with van der Waals surface area (Å²) in [5, 5.41) is 2.25. The van der Waals surface area contributed by atoms with Crippen molar-refractivity contribution in [1.82, 2.24) is 9.97 Å². The average molecular weight is 263 g/mol. The molecule has 84 valence electrons. The van der Waals surface area contributed by atoms with E-state index in [9.17, 15) is 0 Å². The van der Waals surface area contributed by atoms with Gasteiger partial charge in [0.15, 0.2) is 0 Å². The van der Waals surface area contributed by atoms with E-state index >= 15 is 0 Å². The quantitative estimate of drug-likeness (QED) is 0.641. The molecule has 0 amide bonds. The fourth-order valence-electron chi connectivity index (χ4n) is 1.87. The second kappa shape index (κ2) is 4.06. The van der Waals surface area contributed by atoms with Gasteiger partial charge in [0.1, 0.15) is 10.8 Å². The van der Waals surface area contributed by atoms with Crippen molar-refractivity contribution in [1.29, 1.82) is 0 Å². The van der Waals surface area contributed by atoms with Crippen LogP contribution in [-0.4, -0.2) is 9.97 Å². The molecular weight excluding hydrogens is 255 g/mol. The Morgan fingerprint density at radius 1 is 1.00 bits per heavy atom. The van der Waals surface area contributed by atoms with Gasteiger partial charge < -0.3 is 4.98 Å². The molecule has 2 heterocycles. The Morgan fingerprint density at radius 2 is 1.76 bits per heavy atom. The van der Waals surface area contributed by atoms with Crippen LogP contribution >= 0.6 is 23.2 Å². The normalized spacial score (nSPS) is 10.9. The summed E-state index contributed by atoms with van der Waals surface area (Å²) in [5.41, 5.74) is 2.92. The Kier molecular flexibility index (Phi) is 2.54. The number of rotatable bonds is 1. The third-order valence-electron chi connectivity index (χ3n) is 2.65. The minimum atomic E-state index is 0.477. The van der Waals surface area contributed by atoms with Gasteiger partial charge in [0.25, 0.3) is 0 Å². The summed E-state index contributed by atoms with van der Waals surface area (Å²) in [5.74, 6) is 0. The number of H-pyrrole nitrogens is 1. The largest absolute Gasteiger partial charge is 0.346 e. The van der Waals surface area contributed by atoms with Crippen LogP contribution in [0, 0.1) is 0 Å². The summed E-state index contributed by atoms with van der Waals surface area (Å²) < 4.78 is 0. The van der Waals surface area contributed by atoms with E-state index in [0.717, 1.165) is 27.2 Å². The highest BCUT2D eigenvalue weighted by Crippen LogP contribution is 2.30. The number of fused-ring (bicyclic) bond motifs is 1. The summed E-state index contributed by atoms with van der Waals surface area (Å²) in [6.45, 7) is 0. The van der Waals surface area contributed by atoms with E-state index in [1.807, 2.05) is 42.6 Å². The fourth-order valence-corrected chi connectivity index (χ4v) is 2.19. The highest BCUT2D eigenvalue weighted by Gasteiger charge is 2.07. The molecule has 0 unspecified atom stereocenters. The number of hydrogen-bond acceptors (Lipinski definition) is 1. The average Bonchev–Trinajstić information content (AvgIpc) is 2.77. The lowest BCUT2D eigenvalue weighted by molar-refractivity contribution is 1.33. The predicted molar refractivity (Wildman–Crippen MR) is 71.5 cm³/mol. The molecule has 4 heteroatoms. The van der Waals surface area contributed by atoms with Crippen molar-refractivity contribution in [3.8, 4) is 11.1 Å². The monoisotopic (exact) mass is 262 g/mol. The van der Waals surface area contributed by atoms with Gasteiger partial charge in [-0.1, -0.05) is 35.3 Å². The molecule has 17 heavy (non-hydrogen) atoms. The molecular formula is C13H8Cl2N2. The minimum absolute atomic E-state index is 0.477. The molecule has 0 atom stereocenters. The van der Waals surface area contributed by atoms with Gasteiger partial charge in [-0.2, -0.15) is 0 Å². The molecule has 0 bridgehead atoms. The summed E-state index contributed by atoms with van der Waals surface area (Å²) in [6.07, 6.45) is 1.85. The van der Waals surface area contributed by atoms with E-state index in [2.05, 4.69) is 9.97 Å². The van der Waals surface area contributed by atoms with Crippen LogP contribution in [-0.2, 0) is 0 Å². The summed E-state index contributed by atoms with van der Waals surface area (Å²) in [7, 11) is 0. The molecule has 0 aliphatic rings. The highest BCUT2D eigenvalue weighted by molar-refractivity contribution is 6.31. The van der Waals surface area contributed by atoms with Gasteiger partial charge in [0.05, 0.1) is 0 Å². The maximum atomic E-state index is 6.00. The third-order valence-corrected chi connectivity index (χ3v) is 3.10. The van der Waals surface area contributed by atoms with Gasteiger partial charge in [-0.25, -0.2) is 4.98 Å². The van der Waals surface area contributed by atoms with Crippen molar-refractivity contribution >= 4 is 34.2 Å². The molecule has 1 aromatic carbocycles. The Balaban J connectivity index is 2.28. The van der Waals surface area contributed by atoms with Crippen molar-refractivity contribution in [2.75, 3.05) is 0 Å². The van der Waals surface area contributed by atoms with Gasteiger partial charge >= 0.3 is 0 Å². The molecule has 2 nitrogen and oxygen atoms in total. The van der Waals surface area contributed by atoms with Gasteiger partial charge in [-0.3, -0.25) is 0 Å². The van der Waals surface area contributed by atoms with Crippen molar-refractivity contribution in [2.24, 2.45) is 0 Å². The standard InChI is InChI=1S/C13H8Cl2N2/c14-9-3-1-8(2-4-9)11-7-12(15)17-13-10(11)5-6-16-13/h1-7H,(H,16,17). The lowest BCUT2D eigenvalue weighted by Gasteiger charge is -2.04. The van der Waals surface area contributed by atoms with Crippen molar-refractivity contribution in [3.05, 3.63) is 52.8 Å². The Morgan fingerprint density at radius 3 is 2.53 bits per heavy atom. The SMILES string of the molecule is Clc1ccc(-c2cc(Cl)nc3[nH]ccc23)cc1. The Bertz CT molecular complexity index is 671. The minimum Gasteiger partial charge on any atom is -0.346 e. The number of aromatic nitrogens is 2. The van der Waals surface area contributed by atoms with Crippen molar-refractivity contribution in [2.45, 2.75) is 0 Å². The van der Waals surface area contributed by atoms with Crippen molar-refractivity contribution in [3.63, 3.8) is 0 Å². The molecule has 2 aromatic heterocycles. The first-order valence-electron chi connectivity index (χ1n) is 5.13. The van der Waals surface area contributed by atoms with Crippen molar-refractivity contribution < 1.29 is 0 Å². The Hall–Kier alpha value is -1.51. The maximum absolute atomic E-state index is 6.00. The molecule has 3 aromatic rings. The summed E-state index contributed by atoms with van der Waals surface area (Å²) in [4.78, 5) is 7.28. The van der Waals surface area contributed by atoms with Gasteiger partial charge in [0.2, 0.25) is 0 Å². The van der Waals surface area contributed by atoms with E-state index in [4.69, 9.17) is 23.2 Å². The second-order valence-corrected chi connectivity index (χ2v) is 4.56.